The number of nitriles is 1. The zero-order valence-electron chi connectivity index (χ0n) is 10.3. The molecular formula is C12H9BrF3NO3. The Morgan fingerprint density at radius 1 is 1.45 bits per heavy atom. The standard InChI is InChI=1S/C12H9BrF3NO3/c1-2-19-11(18)7-3-4-10(20-12(14,15)16)9(6-17)8(7)5-13/h3-4H,2,5H2,1H3. The van der Waals surface area contributed by atoms with Gasteiger partial charge in [-0.15, -0.1) is 13.2 Å². The molecule has 0 aliphatic heterocycles. The van der Waals surface area contributed by atoms with Crippen LogP contribution in [0.15, 0.2) is 12.1 Å². The van der Waals surface area contributed by atoms with Crippen molar-refractivity contribution in [3.05, 3.63) is 28.8 Å². The summed E-state index contributed by atoms with van der Waals surface area (Å²) in [6.45, 7) is 1.71. The van der Waals surface area contributed by atoms with Crippen molar-refractivity contribution in [2.45, 2.75) is 18.6 Å². The molecule has 0 unspecified atom stereocenters. The van der Waals surface area contributed by atoms with E-state index in [0.717, 1.165) is 12.1 Å². The highest BCUT2D eigenvalue weighted by Gasteiger charge is 2.33. The summed E-state index contributed by atoms with van der Waals surface area (Å²) in [5.74, 6) is -1.36. The lowest BCUT2D eigenvalue weighted by Crippen LogP contribution is -2.19. The molecule has 1 aromatic carbocycles. The molecule has 1 rings (SSSR count). The minimum absolute atomic E-state index is 0.0130. The fourth-order valence-electron chi connectivity index (χ4n) is 1.50. The van der Waals surface area contributed by atoms with Gasteiger partial charge in [-0.25, -0.2) is 4.79 Å². The maximum Gasteiger partial charge on any atom is 0.573 e. The lowest BCUT2D eigenvalue weighted by atomic mass is 10.0. The Morgan fingerprint density at radius 2 is 2.10 bits per heavy atom. The third kappa shape index (κ3) is 3.87. The van der Waals surface area contributed by atoms with E-state index >= 15 is 0 Å². The van der Waals surface area contributed by atoms with Crippen molar-refractivity contribution in [2.24, 2.45) is 0 Å². The molecule has 0 saturated heterocycles. The monoisotopic (exact) mass is 351 g/mol. The largest absolute Gasteiger partial charge is 0.573 e. The zero-order chi connectivity index (χ0) is 15.3. The highest BCUT2D eigenvalue weighted by Crippen LogP contribution is 2.31. The predicted molar refractivity (Wildman–Crippen MR) is 66.4 cm³/mol. The number of alkyl halides is 4. The second-order valence-corrected chi connectivity index (χ2v) is 4.04. The minimum atomic E-state index is -4.92. The first-order valence-corrected chi connectivity index (χ1v) is 6.51. The summed E-state index contributed by atoms with van der Waals surface area (Å²) in [7, 11) is 0. The number of esters is 1. The highest BCUT2D eigenvalue weighted by molar-refractivity contribution is 9.08. The molecular weight excluding hydrogens is 343 g/mol. The molecule has 0 aliphatic rings. The maximum atomic E-state index is 12.2. The molecule has 0 bridgehead atoms. The van der Waals surface area contributed by atoms with Crippen LogP contribution in [0.1, 0.15) is 28.4 Å². The molecule has 0 N–H and O–H groups in total. The van der Waals surface area contributed by atoms with Crippen LogP contribution in [0.4, 0.5) is 13.2 Å². The fourth-order valence-corrected chi connectivity index (χ4v) is 2.08. The summed E-state index contributed by atoms with van der Waals surface area (Å²) in [4.78, 5) is 11.7. The highest BCUT2D eigenvalue weighted by atomic mass is 79.9. The van der Waals surface area contributed by atoms with Gasteiger partial charge in [0.2, 0.25) is 0 Å². The molecule has 0 amide bonds. The van der Waals surface area contributed by atoms with E-state index in [2.05, 4.69) is 20.7 Å². The fraction of sp³-hybridized carbons (Fsp3) is 0.333. The summed E-state index contributed by atoms with van der Waals surface area (Å²) in [5.41, 5.74) is -0.243. The van der Waals surface area contributed by atoms with Crippen molar-refractivity contribution < 1.29 is 27.4 Å². The number of hydrogen-bond acceptors (Lipinski definition) is 4. The van der Waals surface area contributed by atoms with Crippen molar-refractivity contribution in [1.29, 1.82) is 5.26 Å². The molecule has 0 spiro atoms. The van der Waals surface area contributed by atoms with E-state index in [-0.39, 0.29) is 28.6 Å². The van der Waals surface area contributed by atoms with Crippen molar-refractivity contribution in [3.63, 3.8) is 0 Å². The molecule has 0 fully saturated rings. The third-order valence-electron chi connectivity index (χ3n) is 2.24. The predicted octanol–water partition coefficient (Wildman–Crippen LogP) is 3.53. The lowest BCUT2D eigenvalue weighted by molar-refractivity contribution is -0.274. The zero-order valence-corrected chi connectivity index (χ0v) is 11.8. The Morgan fingerprint density at radius 3 is 2.55 bits per heavy atom. The first-order valence-electron chi connectivity index (χ1n) is 5.38. The van der Waals surface area contributed by atoms with Crippen molar-refractivity contribution >= 4 is 21.9 Å². The molecule has 0 atom stereocenters. The van der Waals surface area contributed by atoms with E-state index in [1.54, 1.807) is 13.0 Å². The van der Waals surface area contributed by atoms with Gasteiger partial charge >= 0.3 is 12.3 Å². The number of carbonyl (C=O) groups is 1. The summed E-state index contributed by atoms with van der Waals surface area (Å²) >= 11 is 3.04. The van der Waals surface area contributed by atoms with Gasteiger partial charge in [0.1, 0.15) is 11.8 Å². The first kappa shape index (κ1) is 16.3. The van der Waals surface area contributed by atoms with Crippen LogP contribution in [-0.2, 0) is 10.1 Å². The van der Waals surface area contributed by atoms with Crippen LogP contribution in [0.25, 0.3) is 0 Å². The molecule has 0 heterocycles. The second kappa shape index (κ2) is 6.61. The molecule has 1 aromatic rings. The first-order chi connectivity index (χ1) is 9.34. The van der Waals surface area contributed by atoms with Crippen LogP contribution < -0.4 is 4.74 Å². The molecule has 0 aliphatic carbocycles. The minimum Gasteiger partial charge on any atom is -0.462 e. The van der Waals surface area contributed by atoms with Crippen LogP contribution in [0.2, 0.25) is 0 Å². The van der Waals surface area contributed by atoms with Crippen LogP contribution in [0, 0.1) is 11.3 Å². The van der Waals surface area contributed by atoms with Gasteiger partial charge in [0, 0.05) is 5.33 Å². The quantitative estimate of drug-likeness (QED) is 0.615. The molecule has 4 nitrogen and oxygen atoms in total. The average Bonchev–Trinajstić information content (AvgIpc) is 2.36. The van der Waals surface area contributed by atoms with Crippen LogP contribution in [0.5, 0.6) is 5.75 Å². The van der Waals surface area contributed by atoms with Gasteiger partial charge in [-0.1, -0.05) is 15.9 Å². The number of halogens is 4. The van der Waals surface area contributed by atoms with E-state index in [9.17, 15) is 18.0 Å². The van der Waals surface area contributed by atoms with Crippen LogP contribution in [0.3, 0.4) is 0 Å². The number of nitrogens with zero attached hydrogens (tertiary/aromatic N) is 1. The average molecular weight is 352 g/mol. The van der Waals surface area contributed by atoms with E-state index in [4.69, 9.17) is 10.00 Å². The molecule has 20 heavy (non-hydrogen) atoms. The lowest BCUT2D eigenvalue weighted by Gasteiger charge is -2.14. The van der Waals surface area contributed by atoms with E-state index in [1.807, 2.05) is 0 Å². The van der Waals surface area contributed by atoms with Gasteiger partial charge in [0.25, 0.3) is 0 Å². The molecule has 0 saturated carbocycles. The number of rotatable bonds is 4. The number of carbonyl (C=O) groups excluding carboxylic acids is 1. The number of hydrogen-bond donors (Lipinski definition) is 0. The smallest absolute Gasteiger partial charge is 0.462 e. The number of ether oxygens (including phenoxy) is 2. The van der Waals surface area contributed by atoms with Gasteiger partial charge in [-0.05, 0) is 24.6 Å². The Bertz CT molecular complexity index is 552. The van der Waals surface area contributed by atoms with Gasteiger partial charge in [-0.2, -0.15) is 5.26 Å². The summed E-state index contributed by atoms with van der Waals surface area (Å²) in [5, 5.41) is 9.01. The molecule has 108 valence electrons. The van der Waals surface area contributed by atoms with Crippen LogP contribution in [-0.4, -0.2) is 18.9 Å². The summed E-state index contributed by atoms with van der Waals surface area (Å²) in [6, 6.07) is 3.67. The van der Waals surface area contributed by atoms with Gasteiger partial charge in [-0.3, -0.25) is 0 Å². The Labute approximate surface area is 121 Å². The Balaban J connectivity index is 3.34. The normalized spacial score (nSPS) is 10.8. The van der Waals surface area contributed by atoms with Crippen molar-refractivity contribution in [2.75, 3.05) is 6.61 Å². The van der Waals surface area contributed by atoms with Crippen molar-refractivity contribution in [1.82, 2.24) is 0 Å². The van der Waals surface area contributed by atoms with Gasteiger partial charge in [0.15, 0.2) is 0 Å². The maximum absolute atomic E-state index is 12.2. The SMILES string of the molecule is CCOC(=O)c1ccc(OC(F)(F)F)c(C#N)c1CBr. The Hall–Kier alpha value is -1.75. The van der Waals surface area contributed by atoms with Crippen LogP contribution >= 0.6 is 15.9 Å². The van der Waals surface area contributed by atoms with E-state index in [1.165, 1.54) is 0 Å². The molecule has 0 aromatic heterocycles. The molecule has 8 heteroatoms. The topological polar surface area (TPSA) is 59.3 Å². The van der Waals surface area contributed by atoms with Gasteiger partial charge < -0.3 is 9.47 Å². The summed E-state index contributed by atoms with van der Waals surface area (Å²) in [6.07, 6.45) is -4.92. The molecule has 0 radical (unpaired) electrons. The van der Waals surface area contributed by atoms with E-state index < -0.39 is 18.1 Å². The number of benzene rings is 1. The summed E-state index contributed by atoms with van der Waals surface area (Å²) < 4.78 is 45.3. The third-order valence-corrected chi connectivity index (χ3v) is 2.80. The van der Waals surface area contributed by atoms with Gasteiger partial charge in [0.05, 0.1) is 17.7 Å². The second-order valence-electron chi connectivity index (χ2n) is 3.48. The van der Waals surface area contributed by atoms with E-state index in [0.29, 0.717) is 0 Å². The van der Waals surface area contributed by atoms with Crippen molar-refractivity contribution in [3.8, 4) is 11.8 Å². The Kier molecular flexibility index (Phi) is 5.39.